The van der Waals surface area contributed by atoms with E-state index in [1.165, 1.54) is 5.56 Å². The molecule has 0 saturated carbocycles. The van der Waals surface area contributed by atoms with Crippen LogP contribution >= 0.6 is 0 Å². The van der Waals surface area contributed by atoms with Crippen LogP contribution in [0.3, 0.4) is 0 Å². The number of amides is 2. The summed E-state index contributed by atoms with van der Waals surface area (Å²) in [4.78, 5) is 15.1. The summed E-state index contributed by atoms with van der Waals surface area (Å²) in [6.07, 6.45) is 3.00. The molecule has 3 heterocycles. The average molecular weight is 394 g/mol. The van der Waals surface area contributed by atoms with Crippen molar-refractivity contribution in [2.45, 2.75) is 50.5 Å². The van der Waals surface area contributed by atoms with Crippen molar-refractivity contribution in [1.29, 1.82) is 0 Å². The summed E-state index contributed by atoms with van der Waals surface area (Å²) in [6, 6.07) is 16.1. The van der Waals surface area contributed by atoms with Crippen LogP contribution in [0.5, 0.6) is 11.5 Å². The maximum Gasteiger partial charge on any atom is 0.318 e. The second-order valence-corrected chi connectivity index (χ2v) is 8.00. The minimum Gasteiger partial charge on any atom is -0.454 e. The van der Waals surface area contributed by atoms with Crippen LogP contribution in [-0.2, 0) is 4.74 Å². The van der Waals surface area contributed by atoms with Crippen LogP contribution in [0.2, 0.25) is 0 Å². The van der Waals surface area contributed by atoms with Crippen molar-refractivity contribution in [2.75, 3.05) is 13.3 Å². The molecule has 2 fully saturated rings. The largest absolute Gasteiger partial charge is 0.454 e. The van der Waals surface area contributed by atoms with E-state index >= 15 is 0 Å². The third-order valence-electron chi connectivity index (χ3n) is 6.18. The number of hydrogen-bond acceptors (Lipinski definition) is 4. The lowest BCUT2D eigenvalue weighted by Gasteiger charge is -2.37. The highest BCUT2D eigenvalue weighted by Crippen LogP contribution is 2.40. The smallest absolute Gasteiger partial charge is 0.318 e. The van der Waals surface area contributed by atoms with Crippen LogP contribution < -0.4 is 14.8 Å². The summed E-state index contributed by atoms with van der Waals surface area (Å²) in [5.41, 5.74) is 2.19. The second kappa shape index (κ2) is 7.59. The fourth-order valence-electron chi connectivity index (χ4n) is 4.61. The Morgan fingerprint density at radius 3 is 2.83 bits per heavy atom. The van der Waals surface area contributed by atoms with Crippen molar-refractivity contribution in [3.63, 3.8) is 0 Å². The van der Waals surface area contributed by atoms with Gasteiger partial charge in [-0.25, -0.2) is 4.79 Å². The van der Waals surface area contributed by atoms with Crippen molar-refractivity contribution in [1.82, 2.24) is 10.2 Å². The van der Waals surface area contributed by atoms with Crippen LogP contribution in [0, 0.1) is 0 Å². The van der Waals surface area contributed by atoms with Gasteiger partial charge in [0, 0.05) is 13.0 Å². The minimum atomic E-state index is -0.121. The second-order valence-electron chi connectivity index (χ2n) is 8.00. The van der Waals surface area contributed by atoms with E-state index in [-0.39, 0.29) is 37.1 Å². The van der Waals surface area contributed by atoms with Gasteiger partial charge >= 0.3 is 6.03 Å². The van der Waals surface area contributed by atoms with Crippen molar-refractivity contribution in [2.24, 2.45) is 0 Å². The Balaban J connectivity index is 1.27. The Morgan fingerprint density at radius 1 is 1.14 bits per heavy atom. The maximum absolute atomic E-state index is 13.1. The molecular weight excluding hydrogens is 368 g/mol. The number of nitrogens with zero attached hydrogens (tertiary/aromatic N) is 1. The molecular formula is C23H26N2O4. The summed E-state index contributed by atoms with van der Waals surface area (Å²) in [5.74, 6) is 1.48. The predicted molar refractivity (Wildman–Crippen MR) is 108 cm³/mol. The molecule has 2 amide bonds. The number of carbonyl (C=O) groups excluding carboxylic acids is 1. The first-order valence-corrected chi connectivity index (χ1v) is 10.4. The van der Waals surface area contributed by atoms with Gasteiger partial charge in [0.15, 0.2) is 11.5 Å². The molecule has 0 spiro atoms. The topological polar surface area (TPSA) is 60.0 Å². The first-order valence-electron chi connectivity index (χ1n) is 10.4. The number of piperidine rings is 1. The van der Waals surface area contributed by atoms with Gasteiger partial charge in [-0.1, -0.05) is 36.4 Å². The van der Waals surface area contributed by atoms with Gasteiger partial charge in [0.2, 0.25) is 6.79 Å². The van der Waals surface area contributed by atoms with Crippen molar-refractivity contribution in [3.8, 4) is 11.5 Å². The normalized spacial score (nSPS) is 26.1. The number of ether oxygens (including phenoxy) is 3. The quantitative estimate of drug-likeness (QED) is 0.848. The Kier molecular flexibility index (Phi) is 4.79. The van der Waals surface area contributed by atoms with Crippen LogP contribution in [0.15, 0.2) is 48.5 Å². The summed E-state index contributed by atoms with van der Waals surface area (Å²) in [5, 5.41) is 3.16. The number of nitrogens with one attached hydrogen (secondary N) is 1. The zero-order chi connectivity index (χ0) is 19.8. The first kappa shape index (κ1) is 18.3. The van der Waals surface area contributed by atoms with Gasteiger partial charge in [0.25, 0.3) is 0 Å². The molecule has 0 bridgehead atoms. The average Bonchev–Trinajstić information content (AvgIpc) is 3.40. The molecule has 6 nitrogen and oxygen atoms in total. The van der Waals surface area contributed by atoms with Crippen LogP contribution in [-0.4, -0.2) is 36.4 Å². The zero-order valence-electron chi connectivity index (χ0n) is 16.5. The van der Waals surface area contributed by atoms with E-state index in [4.69, 9.17) is 14.2 Å². The third-order valence-corrected chi connectivity index (χ3v) is 6.18. The number of benzene rings is 2. The van der Waals surface area contributed by atoms with Crippen LogP contribution in [0.1, 0.15) is 49.5 Å². The highest BCUT2D eigenvalue weighted by atomic mass is 16.7. The van der Waals surface area contributed by atoms with E-state index in [2.05, 4.69) is 17.4 Å². The molecule has 1 N–H and O–H groups in total. The molecule has 152 valence electrons. The molecule has 2 aromatic rings. The highest BCUT2D eigenvalue weighted by molar-refractivity contribution is 5.75. The van der Waals surface area contributed by atoms with Gasteiger partial charge < -0.3 is 24.4 Å². The predicted octanol–water partition coefficient (Wildman–Crippen LogP) is 4.18. The first-order chi connectivity index (χ1) is 14.2. The summed E-state index contributed by atoms with van der Waals surface area (Å²) < 4.78 is 17.2. The van der Waals surface area contributed by atoms with Gasteiger partial charge in [0.1, 0.15) is 0 Å². The number of rotatable bonds is 3. The molecule has 1 unspecified atom stereocenters. The van der Waals surface area contributed by atoms with Gasteiger partial charge in [-0.15, -0.1) is 0 Å². The Labute approximate surface area is 170 Å². The Morgan fingerprint density at radius 2 is 1.97 bits per heavy atom. The zero-order valence-corrected chi connectivity index (χ0v) is 16.5. The standard InChI is InChI=1S/C23H26N2O4/c1-15(17-9-10-20-22(12-17)28-14-27-20)24-23(26)25-11-5-8-19-18(25)13-21(29-19)16-6-3-2-4-7-16/h2-4,6-7,9-10,12,15,18-19,21H,5,8,11,13-14H2,1H3,(H,24,26)/t15?,18-,19-,21-/m0/s1. The number of hydrogen-bond donors (Lipinski definition) is 1. The van der Waals surface area contributed by atoms with Gasteiger partial charge in [-0.2, -0.15) is 0 Å². The SMILES string of the molecule is CC(NC(=O)N1CCC[C@@H]2O[C@H](c3ccccc3)C[C@@H]21)c1ccc2c(c1)OCO2. The molecule has 3 aliphatic rings. The third kappa shape index (κ3) is 3.53. The number of urea groups is 1. The molecule has 5 rings (SSSR count). The molecule has 0 aromatic heterocycles. The van der Waals surface area contributed by atoms with Crippen molar-refractivity contribution >= 4 is 6.03 Å². The lowest BCUT2D eigenvalue weighted by molar-refractivity contribution is 0.00533. The lowest BCUT2D eigenvalue weighted by atomic mass is 9.96. The summed E-state index contributed by atoms with van der Waals surface area (Å²) in [6.45, 7) is 3.01. The van der Waals surface area contributed by atoms with Crippen molar-refractivity contribution in [3.05, 3.63) is 59.7 Å². The van der Waals surface area contributed by atoms with E-state index < -0.39 is 0 Å². The lowest BCUT2D eigenvalue weighted by Crippen LogP contribution is -2.52. The monoisotopic (exact) mass is 394 g/mol. The van der Waals surface area contributed by atoms with Crippen LogP contribution in [0.25, 0.3) is 0 Å². The molecule has 2 saturated heterocycles. The van der Waals surface area contributed by atoms with E-state index in [9.17, 15) is 4.79 Å². The van der Waals surface area contributed by atoms with Gasteiger partial charge in [0.05, 0.1) is 24.3 Å². The molecule has 29 heavy (non-hydrogen) atoms. The number of carbonyl (C=O) groups is 1. The Bertz CT molecular complexity index is 888. The summed E-state index contributed by atoms with van der Waals surface area (Å²) in [7, 11) is 0. The van der Waals surface area contributed by atoms with E-state index in [1.54, 1.807) is 0 Å². The fraction of sp³-hybridized carbons (Fsp3) is 0.435. The van der Waals surface area contributed by atoms with Gasteiger partial charge in [-0.3, -0.25) is 0 Å². The number of likely N-dealkylation sites (tertiary alicyclic amines) is 1. The minimum absolute atomic E-state index is 0.0258. The Hall–Kier alpha value is -2.73. The van der Waals surface area contributed by atoms with Gasteiger partial charge in [-0.05, 0) is 43.0 Å². The van der Waals surface area contributed by atoms with E-state index in [1.807, 2.05) is 48.2 Å². The van der Waals surface area contributed by atoms with E-state index in [0.29, 0.717) is 0 Å². The molecule has 6 heteroatoms. The molecule has 3 aliphatic heterocycles. The molecule has 4 atom stereocenters. The molecule has 0 radical (unpaired) electrons. The highest BCUT2D eigenvalue weighted by Gasteiger charge is 2.43. The van der Waals surface area contributed by atoms with E-state index in [0.717, 1.165) is 42.9 Å². The summed E-state index contributed by atoms with van der Waals surface area (Å²) >= 11 is 0. The number of fused-ring (bicyclic) bond motifs is 2. The van der Waals surface area contributed by atoms with Crippen LogP contribution in [0.4, 0.5) is 4.79 Å². The fourth-order valence-corrected chi connectivity index (χ4v) is 4.61. The molecule has 2 aromatic carbocycles. The van der Waals surface area contributed by atoms with Crippen molar-refractivity contribution < 1.29 is 19.0 Å². The molecule has 0 aliphatic carbocycles. The maximum atomic E-state index is 13.1.